The molecular weight excluding hydrogens is 238 g/mol. The highest BCUT2D eigenvalue weighted by molar-refractivity contribution is 5.58. The zero-order chi connectivity index (χ0) is 13.7. The molecule has 0 fully saturated rings. The number of hydrogen-bond donors (Lipinski definition) is 1. The fourth-order valence-corrected chi connectivity index (χ4v) is 1.82. The Hall–Kier alpha value is -2.36. The van der Waals surface area contributed by atoms with Gasteiger partial charge in [-0.3, -0.25) is 0 Å². The first-order chi connectivity index (χ1) is 9.26. The molecule has 2 rings (SSSR count). The minimum atomic E-state index is 0.469. The van der Waals surface area contributed by atoms with E-state index in [0.717, 1.165) is 23.3 Å². The van der Waals surface area contributed by atoms with Gasteiger partial charge >= 0.3 is 0 Å². The minimum Gasteiger partial charge on any atom is -0.438 e. The Morgan fingerprint density at radius 2 is 2.05 bits per heavy atom. The van der Waals surface area contributed by atoms with Crippen molar-refractivity contribution in [3.8, 4) is 11.6 Å². The molecular formula is C15H17N3O. The van der Waals surface area contributed by atoms with Crippen molar-refractivity contribution in [3.63, 3.8) is 0 Å². The van der Waals surface area contributed by atoms with E-state index in [1.165, 1.54) is 6.33 Å². The number of rotatable bonds is 4. The lowest BCUT2D eigenvalue weighted by Crippen LogP contribution is -2.02. The van der Waals surface area contributed by atoms with Crippen LogP contribution in [0.5, 0.6) is 11.6 Å². The zero-order valence-corrected chi connectivity index (χ0v) is 11.1. The van der Waals surface area contributed by atoms with Crippen molar-refractivity contribution in [2.24, 2.45) is 0 Å². The molecule has 0 saturated carbocycles. The molecule has 19 heavy (non-hydrogen) atoms. The molecule has 2 N–H and O–H groups in total. The van der Waals surface area contributed by atoms with Crippen molar-refractivity contribution in [1.29, 1.82) is 0 Å². The Labute approximate surface area is 113 Å². The lowest BCUT2D eigenvalue weighted by atomic mass is 10.2. The molecule has 0 radical (unpaired) electrons. The fraction of sp³-hybridized carbons (Fsp3) is 0.200. The second-order valence-corrected chi connectivity index (χ2v) is 4.04. The average molecular weight is 255 g/mol. The number of para-hydroxylation sites is 1. The quantitative estimate of drug-likeness (QED) is 0.909. The van der Waals surface area contributed by atoms with Gasteiger partial charge in [-0.15, -0.1) is 0 Å². The van der Waals surface area contributed by atoms with Crippen molar-refractivity contribution >= 4 is 11.9 Å². The first-order valence-electron chi connectivity index (χ1n) is 6.25. The van der Waals surface area contributed by atoms with E-state index in [2.05, 4.69) is 9.97 Å². The molecule has 0 spiro atoms. The van der Waals surface area contributed by atoms with Gasteiger partial charge in [-0.25, -0.2) is 9.97 Å². The molecule has 0 unspecified atom stereocenters. The van der Waals surface area contributed by atoms with E-state index in [9.17, 15) is 0 Å². The van der Waals surface area contributed by atoms with E-state index in [1.807, 2.05) is 50.3 Å². The third kappa shape index (κ3) is 2.91. The Morgan fingerprint density at radius 3 is 2.79 bits per heavy atom. The first kappa shape index (κ1) is 13.1. The third-order valence-electron chi connectivity index (χ3n) is 2.76. The van der Waals surface area contributed by atoms with Crippen molar-refractivity contribution in [2.75, 3.05) is 5.73 Å². The molecule has 0 atom stereocenters. The second kappa shape index (κ2) is 6.00. The molecule has 0 aliphatic heterocycles. The summed E-state index contributed by atoms with van der Waals surface area (Å²) in [6.07, 6.45) is 6.11. The topological polar surface area (TPSA) is 61.0 Å². The SMILES string of the molecule is C/C=C/c1ccccc1Oc1ncnc(N)c1CC. The maximum atomic E-state index is 5.88. The van der Waals surface area contributed by atoms with Crippen LogP contribution in [0.3, 0.4) is 0 Å². The van der Waals surface area contributed by atoms with Crippen LogP contribution >= 0.6 is 0 Å². The molecule has 0 saturated heterocycles. The highest BCUT2D eigenvalue weighted by atomic mass is 16.5. The summed E-state index contributed by atoms with van der Waals surface area (Å²) in [6.45, 7) is 3.97. The van der Waals surface area contributed by atoms with E-state index in [-0.39, 0.29) is 0 Å². The molecule has 1 aromatic carbocycles. The van der Waals surface area contributed by atoms with Crippen LogP contribution in [-0.2, 0) is 6.42 Å². The van der Waals surface area contributed by atoms with E-state index in [1.54, 1.807) is 0 Å². The van der Waals surface area contributed by atoms with Gasteiger partial charge in [0.2, 0.25) is 5.88 Å². The van der Waals surface area contributed by atoms with Crippen LogP contribution in [0.25, 0.3) is 6.08 Å². The monoisotopic (exact) mass is 255 g/mol. The number of aromatic nitrogens is 2. The number of nitrogens with two attached hydrogens (primary N) is 1. The Balaban J connectivity index is 2.39. The van der Waals surface area contributed by atoms with E-state index in [0.29, 0.717) is 11.7 Å². The smallest absolute Gasteiger partial charge is 0.227 e. The molecule has 1 aromatic heterocycles. The predicted molar refractivity (Wildman–Crippen MR) is 77.0 cm³/mol. The molecule has 0 bridgehead atoms. The molecule has 0 aliphatic carbocycles. The van der Waals surface area contributed by atoms with Crippen LogP contribution in [-0.4, -0.2) is 9.97 Å². The van der Waals surface area contributed by atoms with E-state index >= 15 is 0 Å². The summed E-state index contributed by atoms with van der Waals surface area (Å²) >= 11 is 0. The van der Waals surface area contributed by atoms with E-state index < -0.39 is 0 Å². The van der Waals surface area contributed by atoms with E-state index in [4.69, 9.17) is 10.5 Å². The summed E-state index contributed by atoms with van der Waals surface area (Å²) in [5, 5.41) is 0. The van der Waals surface area contributed by atoms with Crippen molar-refractivity contribution in [1.82, 2.24) is 9.97 Å². The number of nitrogen functional groups attached to an aromatic ring is 1. The van der Waals surface area contributed by atoms with Gasteiger partial charge in [0.05, 0.1) is 5.56 Å². The fourth-order valence-electron chi connectivity index (χ4n) is 1.82. The number of benzene rings is 1. The summed E-state index contributed by atoms with van der Waals surface area (Å²) in [5.41, 5.74) is 7.67. The number of hydrogen-bond acceptors (Lipinski definition) is 4. The summed E-state index contributed by atoms with van der Waals surface area (Å²) in [7, 11) is 0. The average Bonchev–Trinajstić information content (AvgIpc) is 2.41. The highest BCUT2D eigenvalue weighted by Gasteiger charge is 2.10. The number of ether oxygens (including phenoxy) is 1. The van der Waals surface area contributed by atoms with Crippen LogP contribution < -0.4 is 10.5 Å². The van der Waals surface area contributed by atoms with Gasteiger partial charge in [-0.05, 0) is 19.4 Å². The Kier molecular flexibility index (Phi) is 4.13. The summed E-state index contributed by atoms with van der Waals surface area (Å²) in [6, 6.07) is 7.80. The van der Waals surface area contributed by atoms with Gasteiger partial charge in [-0.2, -0.15) is 0 Å². The maximum absolute atomic E-state index is 5.88. The van der Waals surface area contributed by atoms with Crippen LogP contribution in [0, 0.1) is 0 Å². The lowest BCUT2D eigenvalue weighted by molar-refractivity contribution is 0.454. The standard InChI is InChI=1S/C15H17N3O/c1-3-7-11-8-5-6-9-13(11)19-15-12(4-2)14(16)17-10-18-15/h3,5-10H,4H2,1-2H3,(H2,16,17,18)/b7-3+. The van der Waals surface area contributed by atoms with Gasteiger partial charge in [0, 0.05) is 5.56 Å². The lowest BCUT2D eigenvalue weighted by Gasteiger charge is -2.11. The van der Waals surface area contributed by atoms with Crippen molar-refractivity contribution in [2.45, 2.75) is 20.3 Å². The molecule has 98 valence electrons. The van der Waals surface area contributed by atoms with Gasteiger partial charge in [0.1, 0.15) is 17.9 Å². The Morgan fingerprint density at radius 1 is 1.26 bits per heavy atom. The van der Waals surface area contributed by atoms with Crippen LogP contribution in [0.2, 0.25) is 0 Å². The second-order valence-electron chi connectivity index (χ2n) is 4.04. The first-order valence-corrected chi connectivity index (χ1v) is 6.25. The number of nitrogens with zero attached hydrogens (tertiary/aromatic N) is 2. The van der Waals surface area contributed by atoms with Crippen molar-refractivity contribution in [3.05, 3.63) is 47.8 Å². The predicted octanol–water partition coefficient (Wildman–Crippen LogP) is 3.45. The molecule has 0 amide bonds. The largest absolute Gasteiger partial charge is 0.438 e. The normalized spacial score (nSPS) is 10.8. The molecule has 2 aromatic rings. The minimum absolute atomic E-state index is 0.469. The van der Waals surface area contributed by atoms with Crippen LogP contribution in [0.15, 0.2) is 36.7 Å². The maximum Gasteiger partial charge on any atom is 0.227 e. The molecule has 1 heterocycles. The highest BCUT2D eigenvalue weighted by Crippen LogP contribution is 2.29. The zero-order valence-electron chi connectivity index (χ0n) is 11.1. The van der Waals surface area contributed by atoms with Gasteiger partial charge in [0.25, 0.3) is 0 Å². The van der Waals surface area contributed by atoms with Gasteiger partial charge in [0.15, 0.2) is 0 Å². The van der Waals surface area contributed by atoms with Crippen LogP contribution in [0.1, 0.15) is 25.0 Å². The van der Waals surface area contributed by atoms with Gasteiger partial charge < -0.3 is 10.5 Å². The third-order valence-corrected chi connectivity index (χ3v) is 2.76. The van der Waals surface area contributed by atoms with Crippen molar-refractivity contribution < 1.29 is 4.74 Å². The number of anilines is 1. The summed E-state index contributed by atoms with van der Waals surface area (Å²) < 4.78 is 5.88. The van der Waals surface area contributed by atoms with Gasteiger partial charge in [-0.1, -0.05) is 37.3 Å². The number of allylic oxidation sites excluding steroid dienone is 1. The molecule has 4 heteroatoms. The molecule has 4 nitrogen and oxygen atoms in total. The summed E-state index contributed by atoms with van der Waals surface area (Å²) in [5.74, 6) is 1.75. The summed E-state index contributed by atoms with van der Waals surface area (Å²) in [4.78, 5) is 8.15. The van der Waals surface area contributed by atoms with Crippen LogP contribution in [0.4, 0.5) is 5.82 Å². The molecule has 0 aliphatic rings. The Bertz CT molecular complexity index is 594.